The first-order valence-electron chi connectivity index (χ1n) is 9.53. The molecule has 1 saturated heterocycles. The van der Waals surface area contributed by atoms with Crippen LogP contribution >= 0.6 is 0 Å². The smallest absolute Gasteiger partial charge is 0.322 e. The molecule has 1 N–H and O–H groups in total. The lowest BCUT2D eigenvalue weighted by atomic mass is 10.1. The van der Waals surface area contributed by atoms with Crippen molar-refractivity contribution in [1.82, 2.24) is 10.2 Å². The van der Waals surface area contributed by atoms with E-state index in [2.05, 4.69) is 15.5 Å². The minimum absolute atomic E-state index is 0.00204. The number of nitrogens with one attached hydrogen (secondary N) is 1. The second-order valence-electron chi connectivity index (χ2n) is 7.10. The molecule has 9 heteroatoms. The second-order valence-corrected chi connectivity index (χ2v) is 7.10. The molecule has 0 radical (unpaired) electrons. The zero-order valence-corrected chi connectivity index (χ0v) is 15.9. The molecule has 1 aromatic heterocycles. The average molecular weight is 406 g/mol. The number of para-hydroxylation sites is 1. The Labute approximate surface area is 171 Å². The van der Waals surface area contributed by atoms with Gasteiger partial charge in [0.1, 0.15) is 0 Å². The van der Waals surface area contributed by atoms with Crippen LogP contribution < -0.4 is 19.7 Å². The standard InChI is InChI=1S/C21H18N4O5/c26-18(9-13-6-7-16-17(8-13)29-12-28-16)22-21-24-23-20(30-21)14-10-19(27)25(11-14)15-4-2-1-3-5-15/h1-8,14H,9-12H2,(H,22,24,26). The summed E-state index contributed by atoms with van der Waals surface area (Å²) in [7, 11) is 0. The van der Waals surface area contributed by atoms with E-state index in [1.54, 1.807) is 23.1 Å². The number of carbonyl (C=O) groups excluding carboxylic acids is 2. The highest BCUT2D eigenvalue weighted by Gasteiger charge is 2.35. The average Bonchev–Trinajstić information content (AvgIpc) is 3.48. The SMILES string of the molecule is O=C(Cc1ccc2c(c1)OCO2)Nc1nnc(C2CC(=O)N(c3ccccc3)C2)o1. The lowest BCUT2D eigenvalue weighted by Gasteiger charge is -2.15. The third-order valence-corrected chi connectivity index (χ3v) is 5.03. The van der Waals surface area contributed by atoms with Crippen molar-refractivity contribution in [2.24, 2.45) is 0 Å². The van der Waals surface area contributed by atoms with Crippen LogP contribution in [-0.2, 0) is 16.0 Å². The number of hydrogen-bond acceptors (Lipinski definition) is 7. The number of nitrogens with zero attached hydrogens (tertiary/aromatic N) is 3. The highest BCUT2D eigenvalue weighted by Crippen LogP contribution is 2.33. The van der Waals surface area contributed by atoms with E-state index in [1.807, 2.05) is 30.3 Å². The van der Waals surface area contributed by atoms with Gasteiger partial charge in [-0.3, -0.25) is 14.9 Å². The monoisotopic (exact) mass is 406 g/mol. The molecule has 2 amide bonds. The predicted molar refractivity (Wildman–Crippen MR) is 105 cm³/mol. The second kappa shape index (κ2) is 7.51. The topological polar surface area (TPSA) is 107 Å². The van der Waals surface area contributed by atoms with Crippen LogP contribution in [0.25, 0.3) is 0 Å². The van der Waals surface area contributed by atoms with E-state index in [0.29, 0.717) is 23.9 Å². The number of hydrogen-bond donors (Lipinski definition) is 1. The number of carbonyl (C=O) groups is 2. The van der Waals surface area contributed by atoms with Crippen LogP contribution in [-0.4, -0.2) is 35.3 Å². The van der Waals surface area contributed by atoms with Crippen molar-refractivity contribution in [3.8, 4) is 11.5 Å². The van der Waals surface area contributed by atoms with Gasteiger partial charge >= 0.3 is 6.01 Å². The molecule has 1 fully saturated rings. The van der Waals surface area contributed by atoms with Gasteiger partial charge in [0, 0.05) is 18.7 Å². The zero-order chi connectivity index (χ0) is 20.5. The Balaban J connectivity index is 1.21. The number of aromatic nitrogens is 2. The lowest BCUT2D eigenvalue weighted by molar-refractivity contribution is -0.117. The van der Waals surface area contributed by atoms with Crippen molar-refractivity contribution in [2.75, 3.05) is 23.6 Å². The summed E-state index contributed by atoms with van der Waals surface area (Å²) in [6.45, 7) is 0.636. The molecule has 2 aliphatic heterocycles. The van der Waals surface area contributed by atoms with Crippen LogP contribution in [0.4, 0.5) is 11.7 Å². The summed E-state index contributed by atoms with van der Waals surface area (Å²) >= 11 is 0. The normalized spacial score (nSPS) is 17.4. The first-order valence-corrected chi connectivity index (χ1v) is 9.53. The molecule has 152 valence electrons. The Hall–Kier alpha value is -3.88. The van der Waals surface area contributed by atoms with Gasteiger partial charge in [-0.2, -0.15) is 0 Å². The summed E-state index contributed by atoms with van der Waals surface area (Å²) in [5.41, 5.74) is 1.61. The van der Waals surface area contributed by atoms with E-state index in [1.165, 1.54) is 0 Å². The number of rotatable bonds is 5. The summed E-state index contributed by atoms with van der Waals surface area (Å²) < 4.78 is 16.2. The van der Waals surface area contributed by atoms with Gasteiger partial charge in [-0.15, -0.1) is 5.10 Å². The first kappa shape index (κ1) is 18.2. The minimum Gasteiger partial charge on any atom is -0.454 e. The third kappa shape index (κ3) is 3.57. The highest BCUT2D eigenvalue weighted by atomic mass is 16.7. The number of ether oxygens (including phenoxy) is 2. The molecular weight excluding hydrogens is 388 g/mol. The van der Waals surface area contributed by atoms with E-state index < -0.39 is 0 Å². The molecule has 2 aliphatic rings. The van der Waals surface area contributed by atoms with Gasteiger partial charge in [-0.25, -0.2) is 0 Å². The zero-order valence-electron chi connectivity index (χ0n) is 15.9. The van der Waals surface area contributed by atoms with Crippen molar-refractivity contribution in [2.45, 2.75) is 18.8 Å². The van der Waals surface area contributed by atoms with Crippen molar-refractivity contribution in [3.05, 3.63) is 60.0 Å². The molecule has 5 rings (SSSR count). The van der Waals surface area contributed by atoms with Crippen LogP contribution in [0.3, 0.4) is 0 Å². The Morgan fingerprint density at radius 3 is 2.80 bits per heavy atom. The van der Waals surface area contributed by atoms with Crippen LogP contribution in [0.15, 0.2) is 52.9 Å². The van der Waals surface area contributed by atoms with E-state index in [9.17, 15) is 9.59 Å². The summed E-state index contributed by atoms with van der Waals surface area (Å²) in [4.78, 5) is 26.4. The maximum atomic E-state index is 12.4. The molecule has 9 nitrogen and oxygen atoms in total. The summed E-state index contributed by atoms with van der Waals surface area (Å²) in [5.74, 6) is 1.10. The quantitative estimate of drug-likeness (QED) is 0.694. The lowest BCUT2D eigenvalue weighted by Crippen LogP contribution is -2.24. The van der Waals surface area contributed by atoms with Crippen LogP contribution in [0.5, 0.6) is 11.5 Å². The number of benzene rings is 2. The first-order chi connectivity index (χ1) is 14.7. The van der Waals surface area contributed by atoms with E-state index >= 15 is 0 Å². The van der Waals surface area contributed by atoms with Gasteiger partial charge in [-0.05, 0) is 29.8 Å². The maximum absolute atomic E-state index is 12.4. The Morgan fingerprint density at radius 1 is 1.10 bits per heavy atom. The molecule has 0 saturated carbocycles. The van der Waals surface area contributed by atoms with Crippen molar-refractivity contribution >= 4 is 23.5 Å². The molecule has 0 spiro atoms. The molecule has 0 aliphatic carbocycles. The minimum atomic E-state index is -0.294. The summed E-state index contributed by atoms with van der Waals surface area (Å²) in [6.07, 6.45) is 0.403. The number of amides is 2. The van der Waals surface area contributed by atoms with Crippen molar-refractivity contribution < 1.29 is 23.5 Å². The fourth-order valence-corrected chi connectivity index (χ4v) is 3.58. The summed E-state index contributed by atoms with van der Waals surface area (Å²) in [5, 5.41) is 10.5. The van der Waals surface area contributed by atoms with Gasteiger partial charge in [0.2, 0.25) is 24.5 Å². The van der Waals surface area contributed by atoms with E-state index in [4.69, 9.17) is 13.9 Å². The molecular formula is C21H18N4O5. The molecule has 3 aromatic rings. The van der Waals surface area contributed by atoms with Gasteiger partial charge in [0.25, 0.3) is 0 Å². The molecule has 2 aromatic carbocycles. The van der Waals surface area contributed by atoms with Gasteiger partial charge < -0.3 is 18.8 Å². The largest absolute Gasteiger partial charge is 0.454 e. The highest BCUT2D eigenvalue weighted by molar-refractivity contribution is 5.96. The number of anilines is 2. The van der Waals surface area contributed by atoms with Gasteiger partial charge in [0.05, 0.1) is 12.3 Å². The van der Waals surface area contributed by atoms with Gasteiger partial charge in [-0.1, -0.05) is 29.4 Å². The van der Waals surface area contributed by atoms with Crippen LogP contribution in [0, 0.1) is 0 Å². The van der Waals surface area contributed by atoms with Crippen LogP contribution in [0.2, 0.25) is 0 Å². The third-order valence-electron chi connectivity index (χ3n) is 5.03. The predicted octanol–water partition coefficient (Wildman–Crippen LogP) is 2.50. The Kier molecular flexibility index (Phi) is 4.55. The van der Waals surface area contributed by atoms with E-state index in [-0.39, 0.29) is 43.4 Å². The van der Waals surface area contributed by atoms with Crippen molar-refractivity contribution in [1.29, 1.82) is 0 Å². The number of fused-ring (bicyclic) bond motifs is 1. The maximum Gasteiger partial charge on any atom is 0.322 e. The van der Waals surface area contributed by atoms with Gasteiger partial charge in [0.15, 0.2) is 11.5 Å². The fraction of sp³-hybridized carbons (Fsp3) is 0.238. The molecule has 0 bridgehead atoms. The molecule has 3 heterocycles. The fourth-order valence-electron chi connectivity index (χ4n) is 3.58. The van der Waals surface area contributed by atoms with Crippen LogP contribution in [0.1, 0.15) is 23.8 Å². The molecule has 1 unspecified atom stereocenters. The van der Waals surface area contributed by atoms with Crippen molar-refractivity contribution in [3.63, 3.8) is 0 Å². The Bertz CT molecular complexity index is 1100. The molecule has 30 heavy (non-hydrogen) atoms. The van der Waals surface area contributed by atoms with E-state index in [0.717, 1.165) is 11.3 Å². The molecule has 1 atom stereocenters. The summed E-state index contributed by atoms with van der Waals surface area (Å²) in [6, 6.07) is 14.8. The Morgan fingerprint density at radius 2 is 1.93 bits per heavy atom.